The first-order valence-corrected chi connectivity index (χ1v) is 10.4. The maximum Gasteiger partial charge on any atom is 0.280 e. The van der Waals surface area contributed by atoms with E-state index in [4.69, 9.17) is 0 Å². The summed E-state index contributed by atoms with van der Waals surface area (Å²) in [6.07, 6.45) is -6.01. The van der Waals surface area contributed by atoms with Crippen LogP contribution in [0.15, 0.2) is 30.3 Å². The fourth-order valence-corrected chi connectivity index (χ4v) is 4.08. The quantitative estimate of drug-likeness (QED) is 0.513. The van der Waals surface area contributed by atoms with E-state index in [1.807, 2.05) is 6.07 Å². The van der Waals surface area contributed by atoms with Gasteiger partial charge in [-0.15, -0.1) is 0 Å². The summed E-state index contributed by atoms with van der Waals surface area (Å²) in [7, 11) is 0. The molecular weight excluding hydrogens is 445 g/mol. The Bertz CT molecular complexity index is 1160. The third kappa shape index (κ3) is 4.97. The predicted molar refractivity (Wildman–Crippen MR) is 110 cm³/mol. The van der Waals surface area contributed by atoms with Crippen LogP contribution in [0.25, 0.3) is 11.0 Å². The summed E-state index contributed by atoms with van der Waals surface area (Å²) < 4.78 is 67.9. The topological polar surface area (TPSA) is 54.3 Å². The average molecular weight is 467 g/mol. The van der Waals surface area contributed by atoms with Crippen molar-refractivity contribution in [1.82, 2.24) is 24.6 Å². The summed E-state index contributed by atoms with van der Waals surface area (Å²) in [5.41, 5.74) is -0.473. The minimum absolute atomic E-state index is 0.0119. The number of amides is 1. The van der Waals surface area contributed by atoms with Crippen molar-refractivity contribution >= 4 is 16.9 Å². The lowest BCUT2D eigenvalue weighted by Gasteiger charge is -2.34. The normalized spacial score (nSPS) is 15.2. The summed E-state index contributed by atoms with van der Waals surface area (Å²) >= 11 is 0. The van der Waals surface area contributed by atoms with Crippen LogP contribution in [0.3, 0.4) is 0 Å². The Morgan fingerprint density at radius 3 is 2.42 bits per heavy atom. The Kier molecular flexibility index (Phi) is 6.59. The second-order valence-corrected chi connectivity index (χ2v) is 7.97. The van der Waals surface area contributed by atoms with Gasteiger partial charge in [0.15, 0.2) is 5.65 Å². The molecule has 3 aromatic rings. The highest BCUT2D eigenvalue weighted by Gasteiger charge is 2.26. The van der Waals surface area contributed by atoms with Crippen molar-refractivity contribution in [2.75, 3.05) is 26.2 Å². The van der Waals surface area contributed by atoms with E-state index in [9.17, 15) is 26.7 Å². The molecule has 0 radical (unpaired) electrons. The predicted octanol–water partition coefficient (Wildman–Crippen LogP) is 4.10. The molecule has 176 valence electrons. The van der Waals surface area contributed by atoms with Crippen LogP contribution in [-0.2, 0) is 17.9 Å². The molecule has 1 amide bonds. The van der Waals surface area contributed by atoms with E-state index >= 15 is 0 Å². The highest BCUT2D eigenvalue weighted by Crippen LogP contribution is 2.32. The zero-order chi connectivity index (χ0) is 23.7. The first-order valence-electron chi connectivity index (χ1n) is 10.4. The maximum absolute atomic E-state index is 13.5. The van der Waals surface area contributed by atoms with Crippen LogP contribution in [0.2, 0.25) is 0 Å². The molecule has 0 N–H and O–H groups in total. The van der Waals surface area contributed by atoms with Crippen molar-refractivity contribution in [3.63, 3.8) is 0 Å². The van der Waals surface area contributed by atoms with Crippen LogP contribution in [0.5, 0.6) is 0 Å². The fraction of sp³-hybridized carbons (Fsp3) is 0.409. The Balaban J connectivity index is 1.47. The molecule has 0 unspecified atom stereocenters. The summed E-state index contributed by atoms with van der Waals surface area (Å²) in [6, 6.07) is 7.02. The van der Waals surface area contributed by atoms with E-state index in [1.165, 1.54) is 19.1 Å². The highest BCUT2D eigenvalue weighted by molar-refractivity contribution is 5.85. The van der Waals surface area contributed by atoms with Gasteiger partial charge in [-0.2, -0.15) is 5.10 Å². The number of nitrogens with zero attached hydrogens (tertiary/aromatic N) is 5. The van der Waals surface area contributed by atoms with Crippen molar-refractivity contribution in [1.29, 1.82) is 0 Å². The lowest BCUT2D eigenvalue weighted by Crippen LogP contribution is -2.49. The molecule has 1 aliphatic heterocycles. The fourth-order valence-electron chi connectivity index (χ4n) is 4.08. The first-order chi connectivity index (χ1) is 15.7. The Hall–Kier alpha value is -3.08. The number of alkyl halides is 4. The minimum Gasteiger partial charge on any atom is -0.339 e. The number of hydrogen-bond acceptors (Lipinski definition) is 4. The van der Waals surface area contributed by atoms with Crippen LogP contribution in [-0.4, -0.2) is 56.7 Å². The second-order valence-electron chi connectivity index (χ2n) is 7.97. The molecule has 0 bridgehead atoms. The highest BCUT2D eigenvalue weighted by atomic mass is 19.3. The van der Waals surface area contributed by atoms with Gasteiger partial charge in [0.2, 0.25) is 5.91 Å². The van der Waals surface area contributed by atoms with E-state index in [1.54, 1.807) is 11.0 Å². The number of hydrogen-bond donors (Lipinski definition) is 0. The number of halogens is 5. The lowest BCUT2D eigenvalue weighted by molar-refractivity contribution is -0.133. The van der Waals surface area contributed by atoms with Gasteiger partial charge in [-0.1, -0.05) is 12.1 Å². The zero-order valence-electron chi connectivity index (χ0n) is 17.8. The molecule has 1 aromatic carbocycles. The summed E-state index contributed by atoms with van der Waals surface area (Å²) in [5.74, 6) is -0.616. The zero-order valence-corrected chi connectivity index (χ0v) is 17.8. The van der Waals surface area contributed by atoms with E-state index < -0.39 is 24.1 Å². The number of aryl methyl sites for hydroxylation is 1. The molecule has 4 rings (SSSR count). The molecule has 0 saturated carbocycles. The number of rotatable bonds is 6. The van der Waals surface area contributed by atoms with Crippen molar-refractivity contribution in [3.05, 3.63) is 58.7 Å². The van der Waals surface area contributed by atoms with Crippen molar-refractivity contribution in [3.8, 4) is 0 Å². The molecular formula is C22H22F5N5O. The lowest BCUT2D eigenvalue weighted by atomic mass is 10.1. The molecule has 3 heterocycles. The standard InChI is InChI=1S/C22H22F5N5O/c1-13-19-16(20(24)25)10-17(21(26)27)28-22(19)32(29-13)12-18(33)31-7-5-30(6-8-31)11-14-3-2-4-15(23)9-14/h2-4,9-10,20-21H,5-8,11-12H2,1H3. The smallest absolute Gasteiger partial charge is 0.280 e. The number of pyridine rings is 1. The molecule has 33 heavy (non-hydrogen) atoms. The Morgan fingerprint density at radius 2 is 1.79 bits per heavy atom. The van der Waals surface area contributed by atoms with Gasteiger partial charge in [-0.3, -0.25) is 9.69 Å². The molecule has 6 nitrogen and oxygen atoms in total. The van der Waals surface area contributed by atoms with Gasteiger partial charge in [0.25, 0.3) is 12.9 Å². The van der Waals surface area contributed by atoms with Gasteiger partial charge in [0.1, 0.15) is 18.1 Å². The monoisotopic (exact) mass is 467 g/mol. The maximum atomic E-state index is 13.5. The van der Waals surface area contributed by atoms with Crippen LogP contribution >= 0.6 is 0 Å². The molecule has 2 aromatic heterocycles. The number of carbonyl (C=O) groups is 1. The number of aromatic nitrogens is 3. The number of piperazine rings is 1. The van der Waals surface area contributed by atoms with E-state index in [0.717, 1.165) is 10.2 Å². The summed E-state index contributed by atoms with van der Waals surface area (Å²) in [4.78, 5) is 20.4. The van der Waals surface area contributed by atoms with Gasteiger partial charge in [0.05, 0.1) is 11.1 Å². The molecule has 1 fully saturated rings. The van der Waals surface area contributed by atoms with E-state index in [-0.39, 0.29) is 35.0 Å². The SMILES string of the molecule is Cc1nn(CC(=O)N2CCN(Cc3cccc(F)c3)CC2)c2nc(C(F)F)cc(C(F)F)c12. The van der Waals surface area contributed by atoms with E-state index in [2.05, 4.69) is 15.0 Å². The molecule has 0 atom stereocenters. The average Bonchev–Trinajstić information content (AvgIpc) is 3.08. The van der Waals surface area contributed by atoms with Crippen molar-refractivity contribution in [2.45, 2.75) is 32.9 Å². The molecule has 1 aliphatic rings. The van der Waals surface area contributed by atoms with Crippen molar-refractivity contribution in [2.24, 2.45) is 0 Å². The number of benzene rings is 1. The third-order valence-electron chi connectivity index (χ3n) is 5.69. The number of fused-ring (bicyclic) bond motifs is 1. The molecule has 0 aliphatic carbocycles. The Morgan fingerprint density at radius 1 is 1.06 bits per heavy atom. The van der Waals surface area contributed by atoms with Gasteiger partial charge < -0.3 is 4.90 Å². The van der Waals surface area contributed by atoms with Gasteiger partial charge in [-0.25, -0.2) is 31.6 Å². The van der Waals surface area contributed by atoms with E-state index in [0.29, 0.717) is 38.8 Å². The van der Waals surface area contributed by atoms with Crippen LogP contribution < -0.4 is 0 Å². The Labute approximate surface area is 186 Å². The van der Waals surface area contributed by atoms with Gasteiger partial charge >= 0.3 is 0 Å². The van der Waals surface area contributed by atoms with Crippen LogP contribution in [0.1, 0.15) is 35.4 Å². The molecule has 1 saturated heterocycles. The van der Waals surface area contributed by atoms with Gasteiger partial charge in [0, 0.05) is 38.3 Å². The largest absolute Gasteiger partial charge is 0.339 e. The second kappa shape index (κ2) is 9.42. The number of carbonyl (C=O) groups excluding carboxylic acids is 1. The molecule has 11 heteroatoms. The van der Waals surface area contributed by atoms with Gasteiger partial charge in [-0.05, 0) is 30.7 Å². The third-order valence-corrected chi connectivity index (χ3v) is 5.69. The summed E-state index contributed by atoms with van der Waals surface area (Å²) in [6.45, 7) is 3.73. The van der Waals surface area contributed by atoms with Crippen molar-refractivity contribution < 1.29 is 26.7 Å². The first kappa shape index (κ1) is 23.1. The minimum atomic E-state index is -3.03. The van der Waals surface area contributed by atoms with Crippen LogP contribution in [0, 0.1) is 12.7 Å². The summed E-state index contributed by atoms with van der Waals surface area (Å²) in [5, 5.41) is 4.12. The molecule has 0 spiro atoms. The van der Waals surface area contributed by atoms with Crippen LogP contribution in [0.4, 0.5) is 22.0 Å².